The van der Waals surface area contributed by atoms with Crippen LogP contribution in [0.3, 0.4) is 0 Å². The van der Waals surface area contributed by atoms with E-state index < -0.39 is 0 Å². The predicted octanol–water partition coefficient (Wildman–Crippen LogP) is 2.66. The Hall–Kier alpha value is -2.41. The molecule has 1 amide bonds. The van der Waals surface area contributed by atoms with Crippen molar-refractivity contribution in [1.29, 1.82) is 0 Å². The second kappa shape index (κ2) is 8.11. The Morgan fingerprint density at radius 1 is 1.24 bits per heavy atom. The topological polar surface area (TPSA) is 87.2 Å². The van der Waals surface area contributed by atoms with Gasteiger partial charge in [-0.1, -0.05) is 23.7 Å². The summed E-state index contributed by atoms with van der Waals surface area (Å²) in [7, 11) is 0. The Balaban J connectivity index is 1.46. The normalized spacial score (nSPS) is 11.0. The summed E-state index contributed by atoms with van der Waals surface area (Å²) in [6.07, 6.45) is 0. The van der Waals surface area contributed by atoms with Crippen molar-refractivity contribution in [2.75, 3.05) is 13.2 Å². The minimum atomic E-state index is -0.183. The summed E-state index contributed by atoms with van der Waals surface area (Å²) < 4.78 is 5.53. The fourth-order valence-corrected chi connectivity index (χ4v) is 2.51. The zero-order chi connectivity index (χ0) is 17.6. The van der Waals surface area contributed by atoms with Crippen molar-refractivity contribution in [2.45, 2.75) is 13.2 Å². The molecule has 130 valence electrons. The van der Waals surface area contributed by atoms with E-state index in [0.29, 0.717) is 41.7 Å². The van der Waals surface area contributed by atoms with Crippen LogP contribution in [0.4, 0.5) is 0 Å². The molecule has 1 aromatic heterocycles. The fourth-order valence-electron chi connectivity index (χ4n) is 2.39. The van der Waals surface area contributed by atoms with Crippen molar-refractivity contribution >= 4 is 28.5 Å². The number of imidazole rings is 1. The maximum atomic E-state index is 12.2. The van der Waals surface area contributed by atoms with E-state index in [1.54, 1.807) is 18.2 Å². The number of aliphatic hydroxyl groups excluding tert-OH is 1. The summed E-state index contributed by atoms with van der Waals surface area (Å²) in [4.78, 5) is 19.3. The third kappa shape index (κ3) is 4.57. The maximum absolute atomic E-state index is 12.2. The minimum Gasteiger partial charge on any atom is -0.388 e. The monoisotopic (exact) mass is 359 g/mol. The lowest BCUT2D eigenvalue weighted by Gasteiger charge is -2.07. The number of hydrogen-bond acceptors (Lipinski definition) is 4. The summed E-state index contributed by atoms with van der Waals surface area (Å²) >= 11 is 5.83. The van der Waals surface area contributed by atoms with E-state index in [1.807, 2.05) is 24.3 Å². The number of halogens is 1. The van der Waals surface area contributed by atoms with Gasteiger partial charge < -0.3 is 20.1 Å². The Kier molecular flexibility index (Phi) is 5.65. The van der Waals surface area contributed by atoms with Crippen LogP contribution in [0, 0.1) is 0 Å². The van der Waals surface area contributed by atoms with Crippen LogP contribution in [0.2, 0.25) is 5.02 Å². The van der Waals surface area contributed by atoms with Crippen LogP contribution in [0.5, 0.6) is 0 Å². The lowest BCUT2D eigenvalue weighted by molar-refractivity contribution is 0.0901. The molecule has 0 saturated carbocycles. The Bertz CT molecular complexity index is 862. The van der Waals surface area contributed by atoms with Crippen molar-refractivity contribution in [2.24, 2.45) is 0 Å². The SMILES string of the molecule is O=C(NCCOCc1ccc(Cl)cc1)c1ccc2nc(CO)[nH]c2c1. The maximum Gasteiger partial charge on any atom is 0.251 e. The van der Waals surface area contributed by atoms with Crippen molar-refractivity contribution in [3.63, 3.8) is 0 Å². The molecule has 0 saturated heterocycles. The van der Waals surface area contributed by atoms with Crippen molar-refractivity contribution < 1.29 is 14.6 Å². The molecular weight excluding hydrogens is 342 g/mol. The van der Waals surface area contributed by atoms with Gasteiger partial charge in [0.2, 0.25) is 0 Å². The second-order valence-electron chi connectivity index (χ2n) is 5.51. The van der Waals surface area contributed by atoms with Crippen LogP contribution in [0.1, 0.15) is 21.7 Å². The number of aromatic amines is 1. The summed E-state index contributed by atoms with van der Waals surface area (Å²) in [6, 6.07) is 12.6. The van der Waals surface area contributed by atoms with Gasteiger partial charge in [0.25, 0.3) is 5.91 Å². The minimum absolute atomic E-state index is 0.166. The van der Waals surface area contributed by atoms with E-state index in [0.717, 1.165) is 11.1 Å². The zero-order valence-electron chi connectivity index (χ0n) is 13.5. The number of benzene rings is 2. The first-order chi connectivity index (χ1) is 12.2. The molecule has 0 aliphatic rings. The highest BCUT2D eigenvalue weighted by Gasteiger charge is 2.08. The van der Waals surface area contributed by atoms with Gasteiger partial charge in [0.15, 0.2) is 0 Å². The van der Waals surface area contributed by atoms with E-state index in [2.05, 4.69) is 15.3 Å². The van der Waals surface area contributed by atoms with E-state index in [-0.39, 0.29) is 12.5 Å². The molecule has 2 aromatic carbocycles. The molecule has 6 nitrogen and oxygen atoms in total. The molecule has 0 radical (unpaired) electrons. The van der Waals surface area contributed by atoms with Gasteiger partial charge in [0, 0.05) is 17.1 Å². The third-order valence-electron chi connectivity index (χ3n) is 3.66. The van der Waals surface area contributed by atoms with E-state index in [9.17, 15) is 4.79 Å². The van der Waals surface area contributed by atoms with E-state index in [1.165, 1.54) is 0 Å². The Morgan fingerprint density at radius 2 is 2.04 bits per heavy atom. The number of hydrogen-bond donors (Lipinski definition) is 3. The average molecular weight is 360 g/mol. The summed E-state index contributed by atoms with van der Waals surface area (Å²) in [5, 5.41) is 12.6. The molecule has 3 rings (SSSR count). The van der Waals surface area contributed by atoms with Gasteiger partial charge in [-0.2, -0.15) is 0 Å². The highest BCUT2D eigenvalue weighted by Crippen LogP contribution is 2.14. The summed E-state index contributed by atoms with van der Waals surface area (Å²) in [6.45, 7) is 1.13. The number of amides is 1. The van der Waals surface area contributed by atoms with Crippen molar-refractivity contribution in [3.8, 4) is 0 Å². The number of ether oxygens (including phenoxy) is 1. The quantitative estimate of drug-likeness (QED) is 0.566. The number of carbonyl (C=O) groups excluding carboxylic acids is 1. The second-order valence-corrected chi connectivity index (χ2v) is 5.94. The zero-order valence-corrected chi connectivity index (χ0v) is 14.2. The number of aromatic nitrogens is 2. The number of carbonyl (C=O) groups is 1. The van der Waals surface area contributed by atoms with Crippen molar-refractivity contribution in [1.82, 2.24) is 15.3 Å². The van der Waals surface area contributed by atoms with Crippen LogP contribution in [0.25, 0.3) is 11.0 Å². The van der Waals surface area contributed by atoms with Gasteiger partial charge in [-0.15, -0.1) is 0 Å². The van der Waals surface area contributed by atoms with E-state index in [4.69, 9.17) is 21.4 Å². The van der Waals surface area contributed by atoms with Gasteiger partial charge in [-0.25, -0.2) is 4.98 Å². The Morgan fingerprint density at radius 3 is 2.80 bits per heavy atom. The molecule has 1 heterocycles. The molecule has 0 spiro atoms. The molecule has 3 aromatic rings. The standard InChI is InChI=1S/C18H18ClN3O3/c19-14-4-1-12(2-5-14)11-25-8-7-20-18(24)13-3-6-15-16(9-13)22-17(10-23)21-15/h1-6,9,23H,7-8,10-11H2,(H,20,24)(H,21,22). The van der Waals surface area contributed by atoms with Gasteiger partial charge in [-0.3, -0.25) is 4.79 Å². The van der Waals surface area contributed by atoms with E-state index >= 15 is 0 Å². The van der Waals surface area contributed by atoms with Crippen LogP contribution in [-0.2, 0) is 18.0 Å². The third-order valence-corrected chi connectivity index (χ3v) is 3.91. The first-order valence-electron chi connectivity index (χ1n) is 7.85. The van der Waals surface area contributed by atoms with Crippen molar-refractivity contribution in [3.05, 3.63) is 64.4 Å². The molecule has 25 heavy (non-hydrogen) atoms. The molecular formula is C18H18ClN3O3. The molecule has 0 aliphatic carbocycles. The number of aliphatic hydroxyl groups is 1. The van der Waals surface area contributed by atoms with Crippen LogP contribution in [-0.4, -0.2) is 34.1 Å². The predicted molar refractivity (Wildman–Crippen MR) is 95.5 cm³/mol. The molecule has 0 fully saturated rings. The molecule has 0 aliphatic heterocycles. The first-order valence-corrected chi connectivity index (χ1v) is 8.23. The number of fused-ring (bicyclic) bond motifs is 1. The van der Waals surface area contributed by atoms with Crippen LogP contribution in [0.15, 0.2) is 42.5 Å². The molecule has 0 bridgehead atoms. The summed E-state index contributed by atoms with van der Waals surface area (Å²) in [5.41, 5.74) is 2.99. The highest BCUT2D eigenvalue weighted by atomic mass is 35.5. The van der Waals surface area contributed by atoms with Gasteiger partial charge in [0.05, 0.1) is 24.2 Å². The number of nitrogens with zero attached hydrogens (tertiary/aromatic N) is 1. The molecule has 0 atom stereocenters. The summed E-state index contributed by atoms with van der Waals surface area (Å²) in [5.74, 6) is 0.292. The van der Waals surface area contributed by atoms with Gasteiger partial charge in [0.1, 0.15) is 12.4 Å². The lowest BCUT2D eigenvalue weighted by Crippen LogP contribution is -2.27. The largest absolute Gasteiger partial charge is 0.388 e. The van der Waals surface area contributed by atoms with Gasteiger partial charge >= 0.3 is 0 Å². The number of H-pyrrole nitrogens is 1. The molecule has 0 unspecified atom stereocenters. The Labute approximate surface area is 149 Å². The average Bonchev–Trinajstić information content (AvgIpc) is 3.05. The molecule has 7 heteroatoms. The van der Waals surface area contributed by atoms with Crippen LogP contribution >= 0.6 is 11.6 Å². The highest BCUT2D eigenvalue weighted by molar-refractivity contribution is 6.30. The van der Waals surface area contributed by atoms with Crippen LogP contribution < -0.4 is 5.32 Å². The fraction of sp³-hybridized carbons (Fsp3) is 0.222. The first kappa shape index (κ1) is 17.4. The van der Waals surface area contributed by atoms with Gasteiger partial charge in [-0.05, 0) is 35.9 Å². The smallest absolute Gasteiger partial charge is 0.251 e. The number of rotatable bonds is 7. The molecule has 3 N–H and O–H groups in total. The number of nitrogens with one attached hydrogen (secondary N) is 2. The lowest BCUT2D eigenvalue weighted by atomic mass is 10.2.